The summed E-state index contributed by atoms with van der Waals surface area (Å²) < 4.78 is 43.4. The van der Waals surface area contributed by atoms with Crippen LogP contribution in [0.4, 0.5) is 19.0 Å². The van der Waals surface area contributed by atoms with E-state index in [1.807, 2.05) is 24.3 Å². The largest absolute Gasteiger partial charge is 0.408 e. The molecule has 4 rings (SSSR count). The van der Waals surface area contributed by atoms with Gasteiger partial charge in [0.1, 0.15) is 18.2 Å². The first kappa shape index (κ1) is 19.7. The number of anilines is 1. The number of nitrogens with one attached hydrogen (secondary N) is 3. The molecule has 0 radical (unpaired) electrons. The van der Waals surface area contributed by atoms with Gasteiger partial charge in [-0.05, 0) is 11.6 Å². The number of alkyl halides is 3. The standard InChI is InChI=1S/C19H23F3N6O/c20-18(21,22)12-25-17-15-5-6-24-16(15)26-19(23,27-17)14-3-1-13(2-4-14)11-28-7-9-29-10-8-28/h1-6,24,26H,7-12,23H2,(H,25,27). The summed E-state index contributed by atoms with van der Waals surface area (Å²) in [6, 6.07) is 9.32. The molecular weight excluding hydrogens is 385 g/mol. The lowest BCUT2D eigenvalue weighted by Crippen LogP contribution is -2.61. The molecule has 5 N–H and O–H groups in total. The third-order valence-electron chi connectivity index (χ3n) is 4.98. The average Bonchev–Trinajstić information content (AvgIpc) is 3.15. The minimum absolute atomic E-state index is 0.0946. The maximum atomic E-state index is 12.7. The minimum Gasteiger partial charge on any atom is -0.379 e. The van der Waals surface area contributed by atoms with Gasteiger partial charge < -0.3 is 20.4 Å². The van der Waals surface area contributed by atoms with Crippen LogP contribution in [0.3, 0.4) is 0 Å². The molecule has 1 fully saturated rings. The van der Waals surface area contributed by atoms with Crippen molar-refractivity contribution < 1.29 is 17.9 Å². The van der Waals surface area contributed by atoms with Crippen molar-refractivity contribution in [2.24, 2.45) is 10.7 Å². The van der Waals surface area contributed by atoms with E-state index in [2.05, 4.69) is 25.5 Å². The van der Waals surface area contributed by atoms with Gasteiger partial charge in [-0.25, -0.2) is 0 Å². The van der Waals surface area contributed by atoms with Gasteiger partial charge in [0.25, 0.3) is 0 Å². The Kier molecular flexibility index (Phi) is 5.24. The predicted octanol–water partition coefficient (Wildman–Crippen LogP) is 1.94. The highest BCUT2D eigenvalue weighted by molar-refractivity contribution is 6.05. The Morgan fingerprint density at radius 3 is 2.52 bits per heavy atom. The maximum Gasteiger partial charge on any atom is 0.408 e. The van der Waals surface area contributed by atoms with Crippen LogP contribution in [0, 0.1) is 0 Å². The number of benzene rings is 1. The number of ether oxygens (including phenoxy) is 1. The molecule has 1 saturated heterocycles. The summed E-state index contributed by atoms with van der Waals surface area (Å²) in [5.41, 5.74) is 8.81. The lowest BCUT2D eigenvalue weighted by atomic mass is 10.0. The van der Waals surface area contributed by atoms with Crippen LogP contribution >= 0.6 is 0 Å². The van der Waals surface area contributed by atoms with E-state index in [4.69, 9.17) is 10.5 Å². The van der Waals surface area contributed by atoms with Crippen LogP contribution in [0.15, 0.2) is 41.5 Å². The number of nitrogens with two attached hydrogens (primary N) is 1. The molecule has 1 aromatic heterocycles. The SMILES string of the molecule is NC1(c2ccc(CN3CCOCC3)cc2)NC(=NCC(F)(F)F)c2cc[nH]c2N1. The average molecular weight is 408 g/mol. The van der Waals surface area contributed by atoms with Crippen LogP contribution in [0.5, 0.6) is 0 Å². The van der Waals surface area contributed by atoms with Crippen molar-refractivity contribution in [1.29, 1.82) is 0 Å². The summed E-state index contributed by atoms with van der Waals surface area (Å²) in [6.07, 6.45) is -2.77. The number of aromatic nitrogens is 1. The van der Waals surface area contributed by atoms with Gasteiger partial charge >= 0.3 is 6.18 Å². The van der Waals surface area contributed by atoms with Crippen molar-refractivity contribution in [3.05, 3.63) is 53.2 Å². The molecule has 3 heterocycles. The Balaban J connectivity index is 1.54. The molecule has 1 unspecified atom stereocenters. The summed E-state index contributed by atoms with van der Waals surface area (Å²) in [6.45, 7) is 2.77. The van der Waals surface area contributed by atoms with Crippen LogP contribution < -0.4 is 16.4 Å². The number of H-pyrrole nitrogens is 1. The van der Waals surface area contributed by atoms with Gasteiger partial charge in [-0.1, -0.05) is 24.3 Å². The molecule has 0 amide bonds. The van der Waals surface area contributed by atoms with Crippen molar-refractivity contribution in [1.82, 2.24) is 15.2 Å². The third-order valence-corrected chi connectivity index (χ3v) is 4.98. The van der Waals surface area contributed by atoms with E-state index in [-0.39, 0.29) is 5.84 Å². The third kappa shape index (κ3) is 4.55. The fourth-order valence-corrected chi connectivity index (χ4v) is 3.48. The van der Waals surface area contributed by atoms with Crippen molar-refractivity contribution in [3.8, 4) is 0 Å². The molecular formula is C19H23F3N6O. The predicted molar refractivity (Wildman–Crippen MR) is 103 cm³/mol. The molecule has 2 aliphatic heterocycles. The molecule has 0 aliphatic carbocycles. The molecule has 7 nitrogen and oxygen atoms in total. The van der Waals surface area contributed by atoms with E-state index >= 15 is 0 Å². The van der Waals surface area contributed by atoms with E-state index < -0.39 is 18.5 Å². The van der Waals surface area contributed by atoms with E-state index in [9.17, 15) is 13.2 Å². The Bertz CT molecular complexity index is 873. The number of aromatic amines is 1. The number of nitrogens with zero attached hydrogens (tertiary/aromatic N) is 2. The Morgan fingerprint density at radius 1 is 1.10 bits per heavy atom. The summed E-state index contributed by atoms with van der Waals surface area (Å²) in [7, 11) is 0. The second-order valence-corrected chi connectivity index (χ2v) is 7.19. The van der Waals surface area contributed by atoms with Gasteiger partial charge in [0.2, 0.25) is 0 Å². The number of rotatable bonds is 4. The molecule has 2 aromatic rings. The molecule has 2 aliphatic rings. The summed E-state index contributed by atoms with van der Waals surface area (Å²) >= 11 is 0. The summed E-state index contributed by atoms with van der Waals surface area (Å²) in [5.74, 6) is -0.679. The quantitative estimate of drug-likeness (QED) is 0.621. The van der Waals surface area contributed by atoms with E-state index in [0.717, 1.165) is 38.4 Å². The molecule has 0 bridgehead atoms. The van der Waals surface area contributed by atoms with Crippen LogP contribution in [-0.4, -0.2) is 54.7 Å². The molecule has 1 aromatic carbocycles. The Labute approximate surface area is 166 Å². The molecule has 0 spiro atoms. The minimum atomic E-state index is -4.39. The summed E-state index contributed by atoms with van der Waals surface area (Å²) in [4.78, 5) is 8.98. The normalized spacial score (nSPS) is 24.1. The maximum absolute atomic E-state index is 12.7. The number of halogens is 3. The first-order valence-electron chi connectivity index (χ1n) is 9.36. The summed E-state index contributed by atoms with van der Waals surface area (Å²) in [5, 5.41) is 6.05. The molecule has 156 valence electrons. The highest BCUT2D eigenvalue weighted by Crippen LogP contribution is 2.28. The monoisotopic (exact) mass is 408 g/mol. The number of hydrogen-bond donors (Lipinski definition) is 4. The number of morpholine rings is 1. The topological polar surface area (TPSA) is 90.7 Å². The smallest absolute Gasteiger partial charge is 0.379 e. The van der Waals surface area contributed by atoms with Crippen molar-refractivity contribution in [2.75, 3.05) is 38.2 Å². The van der Waals surface area contributed by atoms with Crippen LogP contribution in [0.2, 0.25) is 0 Å². The van der Waals surface area contributed by atoms with Gasteiger partial charge in [0, 0.05) is 31.4 Å². The molecule has 10 heteroatoms. The van der Waals surface area contributed by atoms with Crippen molar-refractivity contribution in [2.45, 2.75) is 18.5 Å². The zero-order valence-corrected chi connectivity index (χ0v) is 15.7. The zero-order chi connectivity index (χ0) is 20.5. The highest BCUT2D eigenvalue weighted by Gasteiger charge is 2.36. The van der Waals surface area contributed by atoms with Crippen LogP contribution in [-0.2, 0) is 17.1 Å². The van der Waals surface area contributed by atoms with Gasteiger partial charge in [0.05, 0.1) is 18.8 Å². The number of hydrogen-bond acceptors (Lipinski definition) is 5. The molecule has 1 atom stereocenters. The number of amidine groups is 1. The number of fused-ring (bicyclic) bond motifs is 1. The van der Waals surface area contributed by atoms with E-state index in [1.165, 1.54) is 0 Å². The van der Waals surface area contributed by atoms with Gasteiger partial charge in [-0.2, -0.15) is 13.2 Å². The lowest BCUT2D eigenvalue weighted by Gasteiger charge is -2.38. The molecule has 0 saturated carbocycles. The number of aliphatic imine (C=N–C) groups is 1. The Hall–Kier alpha value is -2.56. The van der Waals surface area contributed by atoms with E-state index in [1.54, 1.807) is 12.3 Å². The highest BCUT2D eigenvalue weighted by atomic mass is 19.4. The van der Waals surface area contributed by atoms with Gasteiger partial charge in [0.15, 0.2) is 5.79 Å². The van der Waals surface area contributed by atoms with Crippen molar-refractivity contribution >= 4 is 11.7 Å². The molecule has 29 heavy (non-hydrogen) atoms. The van der Waals surface area contributed by atoms with Crippen LogP contribution in [0.25, 0.3) is 0 Å². The fraction of sp³-hybridized carbons (Fsp3) is 0.421. The van der Waals surface area contributed by atoms with Gasteiger partial charge in [-0.15, -0.1) is 0 Å². The zero-order valence-electron chi connectivity index (χ0n) is 15.7. The van der Waals surface area contributed by atoms with Crippen LogP contribution in [0.1, 0.15) is 16.7 Å². The Morgan fingerprint density at radius 2 is 1.83 bits per heavy atom. The first-order valence-corrected chi connectivity index (χ1v) is 9.36. The lowest BCUT2D eigenvalue weighted by molar-refractivity contribution is -0.118. The second-order valence-electron chi connectivity index (χ2n) is 7.19. The van der Waals surface area contributed by atoms with Gasteiger partial charge in [-0.3, -0.25) is 15.6 Å². The van der Waals surface area contributed by atoms with Crippen molar-refractivity contribution in [3.63, 3.8) is 0 Å². The van der Waals surface area contributed by atoms with E-state index in [0.29, 0.717) is 16.9 Å². The second kappa shape index (κ2) is 7.69. The fourth-order valence-electron chi connectivity index (χ4n) is 3.48. The first-order chi connectivity index (χ1) is 13.8.